The predicted molar refractivity (Wildman–Crippen MR) is 367 cm³/mol. The third kappa shape index (κ3) is 10.5. The van der Waals surface area contributed by atoms with Gasteiger partial charge in [0.05, 0.1) is 56.9 Å². The van der Waals surface area contributed by atoms with Crippen LogP contribution < -0.4 is 19.6 Å². The highest BCUT2D eigenvalue weighted by molar-refractivity contribution is 9.10. The summed E-state index contributed by atoms with van der Waals surface area (Å²) in [6, 6.07) is 99.0. The van der Waals surface area contributed by atoms with E-state index in [1.54, 1.807) is 0 Å². The Kier molecular flexibility index (Phi) is 15.1. The number of para-hydroxylation sites is 4. The summed E-state index contributed by atoms with van der Waals surface area (Å²) in [6.07, 6.45) is 0. The number of pyridine rings is 2. The van der Waals surface area contributed by atoms with E-state index in [1.807, 2.05) is 12.1 Å². The van der Waals surface area contributed by atoms with Crippen LogP contribution in [-0.2, 0) is 10.8 Å². The van der Waals surface area contributed by atoms with E-state index in [0.29, 0.717) is 0 Å². The minimum atomic E-state index is -0.364. The lowest BCUT2D eigenvalue weighted by molar-refractivity contribution is 0.630. The Morgan fingerprint density at radius 1 is 0.291 bits per heavy atom. The molecule has 8 heteroatoms. The van der Waals surface area contributed by atoms with Crippen molar-refractivity contribution in [2.24, 2.45) is 0 Å². The van der Waals surface area contributed by atoms with Crippen LogP contribution in [0.25, 0.3) is 22.5 Å². The van der Waals surface area contributed by atoms with Crippen LogP contribution in [0.1, 0.15) is 61.3 Å². The first-order valence-electron chi connectivity index (χ1n) is 29.2. The van der Waals surface area contributed by atoms with Gasteiger partial charge in [-0.05, 0) is 182 Å². The molecule has 86 heavy (non-hydrogen) atoms. The van der Waals surface area contributed by atoms with Crippen LogP contribution in [0.2, 0.25) is 0 Å². The maximum atomic E-state index is 5.19. The lowest BCUT2D eigenvalue weighted by Gasteiger charge is -2.43. The van der Waals surface area contributed by atoms with Gasteiger partial charge in [0, 0.05) is 65.0 Å². The zero-order chi connectivity index (χ0) is 59.1. The summed E-state index contributed by atoms with van der Waals surface area (Å²) in [4.78, 5) is 19.6. The maximum Gasteiger partial charge on any atom is 0.0706 e. The van der Waals surface area contributed by atoms with Crippen LogP contribution in [-0.4, -0.2) is 9.97 Å². The fourth-order valence-corrected chi connectivity index (χ4v) is 13.2. The summed E-state index contributed by atoms with van der Waals surface area (Å²) >= 11 is 7.36. The minimum absolute atomic E-state index is 0.125. The fraction of sp³-hybridized carbons (Fsp3) is 0.103. The van der Waals surface area contributed by atoms with Gasteiger partial charge in [-0.1, -0.05) is 193 Å². The van der Waals surface area contributed by atoms with Crippen LogP contribution >= 0.6 is 31.9 Å². The van der Waals surface area contributed by atoms with E-state index in [4.69, 9.17) is 9.97 Å². The van der Waals surface area contributed by atoms with Crippen molar-refractivity contribution in [2.45, 2.75) is 52.4 Å². The first-order valence-corrected chi connectivity index (χ1v) is 30.8. The molecule has 0 spiro atoms. The zero-order valence-corrected chi connectivity index (χ0v) is 52.2. The third-order valence-corrected chi connectivity index (χ3v) is 17.8. The topological polar surface area (TPSA) is 38.7 Å². The van der Waals surface area contributed by atoms with Crippen molar-refractivity contribution >= 4 is 100 Å². The van der Waals surface area contributed by atoms with E-state index in [-0.39, 0.29) is 10.8 Å². The molecule has 2 aliphatic heterocycles. The van der Waals surface area contributed by atoms with Crippen molar-refractivity contribution in [2.75, 3.05) is 19.6 Å². The normalized spacial score (nSPS) is 13.3. The van der Waals surface area contributed by atoms with E-state index in [9.17, 15) is 0 Å². The summed E-state index contributed by atoms with van der Waals surface area (Å²) < 4.78 is 2.18. The molecule has 0 saturated heterocycles. The van der Waals surface area contributed by atoms with Gasteiger partial charge < -0.3 is 19.6 Å². The number of hydrogen-bond acceptors (Lipinski definition) is 6. The van der Waals surface area contributed by atoms with Crippen molar-refractivity contribution in [1.29, 1.82) is 0 Å². The van der Waals surface area contributed by atoms with Crippen molar-refractivity contribution in [3.05, 3.63) is 322 Å². The lowest BCUT2D eigenvalue weighted by atomic mass is 9.73. The predicted octanol–water partition coefficient (Wildman–Crippen LogP) is 22.8. The monoisotopic (exact) mass is 1240 g/mol. The largest absolute Gasteiger partial charge is 0.310 e. The number of anilines is 12. The molecule has 2 aliphatic rings. The van der Waals surface area contributed by atoms with Gasteiger partial charge in [0.2, 0.25) is 0 Å². The molecular formula is C78H64Br2N6. The van der Waals surface area contributed by atoms with Gasteiger partial charge in [0.1, 0.15) is 0 Å². The number of rotatable bonds is 10. The number of aromatic nitrogens is 2. The Balaban J connectivity index is 0.000000187. The molecule has 0 radical (unpaired) electrons. The van der Waals surface area contributed by atoms with Crippen LogP contribution in [0.5, 0.6) is 0 Å². The summed E-state index contributed by atoms with van der Waals surface area (Å²) in [5.74, 6) is 0. The molecule has 420 valence electrons. The molecule has 4 heterocycles. The Hall–Kier alpha value is -9.34. The maximum absolute atomic E-state index is 5.19. The SMILES string of the molecule is Cc1nc(-c2ccccc2)ccc1N1c2ccc(Br)cc2C(C)(C)c2cc(Br)ccc21.Cc1nc(-c2ccccc2)ccc1N1c2ccc(N(c3ccccc3)c3ccccc3)cc2C(C)(C)c2cc(N(c3ccccc3)c3ccccc3)ccc21. The Morgan fingerprint density at radius 2 is 0.558 bits per heavy atom. The van der Waals surface area contributed by atoms with Crippen LogP contribution in [0.15, 0.2) is 288 Å². The lowest BCUT2D eigenvalue weighted by Crippen LogP contribution is -2.31. The number of aryl methyl sites for hydroxylation is 2. The molecule has 0 fully saturated rings. The van der Waals surface area contributed by atoms with E-state index in [1.165, 1.54) is 33.6 Å². The zero-order valence-electron chi connectivity index (χ0n) is 49.0. The van der Waals surface area contributed by atoms with E-state index < -0.39 is 0 Å². The van der Waals surface area contributed by atoms with Crippen molar-refractivity contribution < 1.29 is 0 Å². The molecule has 0 atom stereocenters. The molecule has 0 bridgehead atoms. The van der Waals surface area contributed by atoms with E-state index >= 15 is 0 Å². The number of nitrogens with zero attached hydrogens (tertiary/aromatic N) is 6. The number of hydrogen-bond donors (Lipinski definition) is 0. The standard InChI is InChI=1S/C51H42N4.C27H22Br2N2/c1-37-48(34-31-47(52-37)38-19-9-4-10-20-38)55-49-32-29-43(53(39-21-11-5-12-22-39)40-23-13-6-14-24-40)35-45(49)51(2,3)46-36-44(30-33-50(46)55)54(41-25-15-7-16-26-41)42-27-17-8-18-28-42;1-17-24(14-11-23(30-17)18-7-5-4-6-8-18)31-25-12-9-19(28)15-21(25)27(2,3)22-16-20(29)10-13-26(22)31/h4-36H,1-3H3;4-16H,1-3H3. The van der Waals surface area contributed by atoms with Crippen molar-refractivity contribution in [1.82, 2.24) is 9.97 Å². The number of halogens is 2. The highest BCUT2D eigenvalue weighted by atomic mass is 79.9. The minimum Gasteiger partial charge on any atom is -0.310 e. The van der Waals surface area contributed by atoms with E-state index in [0.717, 1.165) is 99.7 Å². The van der Waals surface area contributed by atoms with Gasteiger partial charge in [0.15, 0.2) is 0 Å². The Labute approximate surface area is 522 Å². The smallest absolute Gasteiger partial charge is 0.0706 e. The van der Waals surface area contributed by atoms with Gasteiger partial charge in [-0.15, -0.1) is 0 Å². The molecule has 0 aliphatic carbocycles. The summed E-state index contributed by atoms with van der Waals surface area (Å²) in [5.41, 5.74) is 24.2. The molecule has 0 unspecified atom stereocenters. The summed E-state index contributed by atoms with van der Waals surface area (Å²) in [7, 11) is 0. The average molecular weight is 1250 g/mol. The highest BCUT2D eigenvalue weighted by Gasteiger charge is 2.40. The molecule has 0 saturated carbocycles. The third-order valence-electron chi connectivity index (χ3n) is 16.8. The van der Waals surface area contributed by atoms with Gasteiger partial charge >= 0.3 is 0 Å². The van der Waals surface area contributed by atoms with Gasteiger partial charge in [-0.3, -0.25) is 9.97 Å². The first kappa shape index (κ1) is 55.8. The van der Waals surface area contributed by atoms with Crippen molar-refractivity contribution in [3.63, 3.8) is 0 Å². The summed E-state index contributed by atoms with van der Waals surface area (Å²) in [5, 5.41) is 0. The molecule has 2 aromatic heterocycles. The second kappa shape index (κ2) is 23.3. The molecule has 0 amide bonds. The van der Waals surface area contributed by atoms with Crippen LogP contribution in [0, 0.1) is 13.8 Å². The van der Waals surface area contributed by atoms with Gasteiger partial charge in [-0.2, -0.15) is 0 Å². The molecule has 14 rings (SSSR count). The van der Waals surface area contributed by atoms with Crippen molar-refractivity contribution in [3.8, 4) is 22.5 Å². The summed E-state index contributed by atoms with van der Waals surface area (Å²) in [6.45, 7) is 13.5. The number of benzene rings is 10. The molecule has 10 aromatic carbocycles. The Morgan fingerprint density at radius 3 is 0.860 bits per heavy atom. The molecule has 12 aromatic rings. The second-order valence-corrected chi connectivity index (χ2v) is 24.8. The quantitative estimate of drug-likeness (QED) is 0.136. The molecule has 0 N–H and O–H groups in total. The fourth-order valence-electron chi connectivity index (χ4n) is 12.5. The Bertz CT molecular complexity index is 4140. The average Bonchev–Trinajstić information content (AvgIpc) is 0.790. The molecule has 6 nitrogen and oxygen atoms in total. The van der Waals surface area contributed by atoms with Crippen LogP contribution in [0.3, 0.4) is 0 Å². The van der Waals surface area contributed by atoms with Gasteiger partial charge in [-0.25, -0.2) is 0 Å². The number of fused-ring (bicyclic) bond motifs is 4. The highest BCUT2D eigenvalue weighted by Crippen LogP contribution is 2.56. The van der Waals surface area contributed by atoms with Gasteiger partial charge in [0.25, 0.3) is 0 Å². The van der Waals surface area contributed by atoms with Crippen LogP contribution in [0.4, 0.5) is 68.2 Å². The first-order chi connectivity index (χ1) is 41.8. The van der Waals surface area contributed by atoms with E-state index in [2.05, 4.69) is 360 Å². The second-order valence-electron chi connectivity index (χ2n) is 23.0. The molecular weight excluding hydrogens is 1180 g/mol.